The molecule has 0 saturated carbocycles. The molecular formula is C24H32N4O3. The van der Waals surface area contributed by atoms with Crippen LogP contribution in [0.15, 0.2) is 24.3 Å². The van der Waals surface area contributed by atoms with Crippen LogP contribution in [0.4, 0.5) is 0 Å². The van der Waals surface area contributed by atoms with Gasteiger partial charge < -0.3 is 14.5 Å². The van der Waals surface area contributed by atoms with Crippen LogP contribution < -0.4 is 4.74 Å². The average Bonchev–Trinajstić information content (AvgIpc) is 2.88. The van der Waals surface area contributed by atoms with Gasteiger partial charge in [0.15, 0.2) is 0 Å². The number of nitrogens with zero attached hydrogens (tertiary/aromatic N) is 4. The van der Waals surface area contributed by atoms with Gasteiger partial charge in [0.05, 0.1) is 18.8 Å². The van der Waals surface area contributed by atoms with E-state index < -0.39 is 5.60 Å². The van der Waals surface area contributed by atoms with Crippen LogP contribution in [-0.4, -0.2) is 56.6 Å². The zero-order valence-corrected chi connectivity index (χ0v) is 19.0. The quantitative estimate of drug-likeness (QED) is 0.760. The molecule has 1 unspecified atom stereocenters. The highest BCUT2D eigenvalue weighted by molar-refractivity contribution is 5.77. The van der Waals surface area contributed by atoms with E-state index in [4.69, 9.17) is 4.74 Å². The first kappa shape index (κ1) is 21.4. The van der Waals surface area contributed by atoms with Gasteiger partial charge in [0.1, 0.15) is 11.4 Å². The fourth-order valence-electron chi connectivity index (χ4n) is 4.92. The Morgan fingerprint density at radius 2 is 1.90 bits per heavy atom. The van der Waals surface area contributed by atoms with Crippen molar-refractivity contribution in [3.8, 4) is 5.75 Å². The maximum absolute atomic E-state index is 13.1. The summed E-state index contributed by atoms with van der Waals surface area (Å²) in [5.74, 6) is 0.991. The molecule has 2 aromatic rings. The number of benzene rings is 1. The number of rotatable bonds is 3. The third-order valence-corrected chi connectivity index (χ3v) is 6.72. The molecule has 1 spiro atoms. The van der Waals surface area contributed by atoms with Crippen molar-refractivity contribution in [3.05, 3.63) is 46.8 Å². The third-order valence-electron chi connectivity index (χ3n) is 6.72. The summed E-state index contributed by atoms with van der Waals surface area (Å²) in [4.78, 5) is 29.2. The normalized spacial score (nSPS) is 20.9. The Morgan fingerprint density at radius 1 is 1.16 bits per heavy atom. The third kappa shape index (κ3) is 4.31. The number of aromatic nitrogens is 2. The van der Waals surface area contributed by atoms with Gasteiger partial charge in [-0.15, -0.1) is 0 Å². The van der Waals surface area contributed by atoms with Gasteiger partial charge in [-0.1, -0.05) is 18.2 Å². The van der Waals surface area contributed by atoms with E-state index in [9.17, 15) is 9.59 Å². The summed E-state index contributed by atoms with van der Waals surface area (Å²) in [6.45, 7) is 7.93. The van der Waals surface area contributed by atoms with Gasteiger partial charge in [-0.05, 0) is 44.7 Å². The van der Waals surface area contributed by atoms with Crippen LogP contribution >= 0.6 is 0 Å². The molecule has 3 heterocycles. The predicted octanol–water partition coefficient (Wildman–Crippen LogP) is 2.77. The summed E-state index contributed by atoms with van der Waals surface area (Å²) in [6.07, 6.45) is 2.84. The van der Waals surface area contributed by atoms with Crippen LogP contribution in [0, 0.1) is 13.8 Å². The molecule has 0 aliphatic carbocycles. The van der Waals surface area contributed by atoms with Crippen molar-refractivity contribution in [3.63, 3.8) is 0 Å². The molecule has 7 heteroatoms. The Balaban J connectivity index is 1.51. The fraction of sp³-hybridized carbons (Fsp3) is 0.542. The van der Waals surface area contributed by atoms with E-state index >= 15 is 0 Å². The summed E-state index contributed by atoms with van der Waals surface area (Å²) in [7, 11) is 1.93. The van der Waals surface area contributed by atoms with E-state index in [1.165, 1.54) is 0 Å². The van der Waals surface area contributed by atoms with E-state index in [1.807, 2.05) is 59.6 Å². The zero-order valence-electron chi connectivity index (χ0n) is 19.0. The molecule has 1 atom stereocenters. The Hall–Kier alpha value is -2.83. The van der Waals surface area contributed by atoms with Gasteiger partial charge in [-0.25, -0.2) is 0 Å². The van der Waals surface area contributed by atoms with Crippen molar-refractivity contribution in [2.24, 2.45) is 7.05 Å². The Morgan fingerprint density at radius 3 is 2.61 bits per heavy atom. The second-order valence-electron chi connectivity index (χ2n) is 8.96. The minimum Gasteiger partial charge on any atom is -0.483 e. The summed E-state index contributed by atoms with van der Waals surface area (Å²) in [5.41, 5.74) is 3.71. The van der Waals surface area contributed by atoms with E-state index in [0.717, 1.165) is 47.7 Å². The van der Waals surface area contributed by atoms with Crippen LogP contribution in [0.1, 0.15) is 48.7 Å². The number of likely N-dealkylation sites (tertiary alicyclic amines) is 1. The number of hydrogen-bond acceptors (Lipinski definition) is 4. The average molecular weight is 425 g/mol. The van der Waals surface area contributed by atoms with Crippen molar-refractivity contribution in [1.82, 2.24) is 19.6 Å². The fourth-order valence-corrected chi connectivity index (χ4v) is 4.92. The molecule has 0 N–H and O–H groups in total. The lowest BCUT2D eigenvalue weighted by Gasteiger charge is -2.43. The van der Waals surface area contributed by atoms with Crippen LogP contribution in [0.25, 0.3) is 0 Å². The lowest BCUT2D eigenvalue weighted by atomic mass is 9.91. The number of para-hydroxylation sites is 1. The van der Waals surface area contributed by atoms with Gasteiger partial charge in [-0.3, -0.25) is 14.3 Å². The Kier molecular flexibility index (Phi) is 5.77. The number of carbonyl (C=O) groups excluding carboxylic acids is 2. The maximum Gasteiger partial charge on any atom is 0.223 e. The van der Waals surface area contributed by atoms with Crippen LogP contribution in [0.5, 0.6) is 5.75 Å². The molecule has 166 valence electrons. The van der Waals surface area contributed by atoms with Crippen molar-refractivity contribution in [2.45, 2.75) is 58.6 Å². The number of fused-ring (bicyclic) bond motifs is 1. The van der Waals surface area contributed by atoms with Crippen molar-refractivity contribution in [1.29, 1.82) is 0 Å². The highest BCUT2D eigenvalue weighted by Crippen LogP contribution is 2.35. The second kappa shape index (κ2) is 8.36. The molecule has 0 bridgehead atoms. The van der Waals surface area contributed by atoms with E-state index in [0.29, 0.717) is 32.5 Å². The summed E-state index contributed by atoms with van der Waals surface area (Å²) < 4.78 is 8.42. The lowest BCUT2D eigenvalue weighted by Crippen LogP contribution is -2.58. The van der Waals surface area contributed by atoms with Gasteiger partial charge in [0.2, 0.25) is 11.8 Å². The molecule has 1 fully saturated rings. The highest BCUT2D eigenvalue weighted by Gasteiger charge is 2.43. The topological polar surface area (TPSA) is 67.7 Å². The van der Waals surface area contributed by atoms with Crippen molar-refractivity contribution in [2.75, 3.05) is 19.6 Å². The van der Waals surface area contributed by atoms with Gasteiger partial charge in [0, 0.05) is 44.7 Å². The molecule has 4 rings (SSSR count). The van der Waals surface area contributed by atoms with Crippen LogP contribution in [-0.2, 0) is 29.6 Å². The molecule has 1 saturated heterocycles. The minimum atomic E-state index is -0.563. The number of ether oxygens (including phenoxy) is 1. The Labute approximate surface area is 184 Å². The Bertz CT molecular complexity index is 999. The van der Waals surface area contributed by atoms with Gasteiger partial charge in [-0.2, -0.15) is 5.10 Å². The lowest BCUT2D eigenvalue weighted by molar-refractivity contribution is -0.140. The first-order valence-corrected chi connectivity index (χ1v) is 11.1. The first-order valence-electron chi connectivity index (χ1n) is 11.1. The zero-order chi connectivity index (χ0) is 22.2. The minimum absolute atomic E-state index is 0.0330. The number of carbonyl (C=O) groups is 2. The smallest absolute Gasteiger partial charge is 0.223 e. The number of piperidine rings is 1. The molecule has 1 aromatic carbocycles. The molecule has 0 radical (unpaired) electrons. The van der Waals surface area contributed by atoms with Crippen LogP contribution in [0.2, 0.25) is 0 Å². The monoisotopic (exact) mass is 424 g/mol. The van der Waals surface area contributed by atoms with Gasteiger partial charge >= 0.3 is 0 Å². The molecular weight excluding hydrogens is 392 g/mol. The molecule has 2 aliphatic rings. The SMILES string of the molecule is CC(=O)N1Cc2ccccc2OC2(CCCN(C(=O)CCc3c(C)nn(C)c3C)C2)C1. The van der Waals surface area contributed by atoms with E-state index in [-0.39, 0.29) is 11.8 Å². The summed E-state index contributed by atoms with van der Waals surface area (Å²) in [6, 6.07) is 7.90. The second-order valence-corrected chi connectivity index (χ2v) is 8.96. The number of amides is 2. The summed E-state index contributed by atoms with van der Waals surface area (Å²) in [5, 5.41) is 4.46. The molecule has 7 nitrogen and oxygen atoms in total. The van der Waals surface area contributed by atoms with Crippen molar-refractivity contribution < 1.29 is 14.3 Å². The van der Waals surface area contributed by atoms with E-state index in [1.54, 1.807) is 6.92 Å². The number of aryl methyl sites for hydroxylation is 2. The number of hydrogen-bond donors (Lipinski definition) is 0. The maximum atomic E-state index is 13.1. The highest BCUT2D eigenvalue weighted by atomic mass is 16.5. The van der Waals surface area contributed by atoms with Crippen LogP contribution in [0.3, 0.4) is 0 Å². The molecule has 31 heavy (non-hydrogen) atoms. The standard InChI is InChI=1S/C24H32N4O3/c1-17-21(18(2)26(4)25-17)10-11-23(30)27-13-7-12-24(15-27)16-28(19(3)29)14-20-8-5-6-9-22(20)31-24/h5-6,8-9H,7,10-16H2,1-4H3. The molecule has 1 aromatic heterocycles. The van der Waals surface area contributed by atoms with Gasteiger partial charge in [0.25, 0.3) is 0 Å². The molecule has 2 aliphatic heterocycles. The molecule has 2 amide bonds. The first-order chi connectivity index (χ1) is 14.8. The predicted molar refractivity (Wildman–Crippen MR) is 118 cm³/mol. The van der Waals surface area contributed by atoms with Crippen molar-refractivity contribution >= 4 is 11.8 Å². The largest absolute Gasteiger partial charge is 0.483 e. The summed E-state index contributed by atoms with van der Waals surface area (Å²) >= 11 is 0. The van der Waals surface area contributed by atoms with E-state index in [2.05, 4.69) is 5.10 Å².